The van der Waals surface area contributed by atoms with E-state index in [-0.39, 0.29) is 6.10 Å². The van der Waals surface area contributed by atoms with Crippen LogP contribution in [0.4, 0.5) is 10.5 Å². The highest BCUT2D eigenvalue weighted by molar-refractivity contribution is 6.33. The lowest BCUT2D eigenvalue weighted by atomic mass is 10.2. The molecule has 9 heteroatoms. The summed E-state index contributed by atoms with van der Waals surface area (Å²) in [5.41, 5.74) is 1.09. The standard InChI is InChI=1S/C24H26ClN3O5/c1-30-21-12-17-20(13-22(21)31-2)26-14-27-23(17)32-16-9-10-19(18(25)11-16)28-24(29)33-15-7-5-3-4-6-8-15/h9-15H,3-8H2,1-2H3,(H,28,29). The minimum absolute atomic E-state index is 0.0458. The molecule has 4 rings (SSSR count). The Labute approximate surface area is 197 Å². The molecule has 33 heavy (non-hydrogen) atoms. The second kappa shape index (κ2) is 10.6. The number of nitrogens with one attached hydrogen (secondary N) is 1. The van der Waals surface area contributed by atoms with Gasteiger partial charge in [-0.1, -0.05) is 24.4 Å². The zero-order chi connectivity index (χ0) is 23.2. The van der Waals surface area contributed by atoms with Crippen LogP contribution in [0, 0.1) is 0 Å². The van der Waals surface area contributed by atoms with Gasteiger partial charge in [0.2, 0.25) is 5.88 Å². The topological polar surface area (TPSA) is 91.8 Å². The largest absolute Gasteiger partial charge is 0.493 e. The van der Waals surface area contributed by atoms with Gasteiger partial charge < -0.3 is 18.9 Å². The van der Waals surface area contributed by atoms with Crippen LogP contribution in [0.1, 0.15) is 38.5 Å². The Kier molecular flexibility index (Phi) is 7.34. The van der Waals surface area contributed by atoms with Crippen LogP contribution in [0.2, 0.25) is 5.02 Å². The number of carbonyl (C=O) groups excluding carboxylic acids is 1. The molecule has 3 aromatic rings. The van der Waals surface area contributed by atoms with E-state index in [0.717, 1.165) is 25.7 Å². The molecule has 2 aromatic carbocycles. The number of methoxy groups -OCH3 is 2. The highest BCUT2D eigenvalue weighted by Gasteiger charge is 2.18. The molecule has 1 N–H and O–H groups in total. The number of nitrogens with zero attached hydrogens (tertiary/aromatic N) is 2. The Bertz CT molecular complexity index is 1130. The van der Waals surface area contributed by atoms with Crippen molar-refractivity contribution in [2.75, 3.05) is 19.5 Å². The van der Waals surface area contributed by atoms with Crippen LogP contribution in [0.15, 0.2) is 36.7 Å². The normalized spacial score (nSPS) is 14.4. The zero-order valence-electron chi connectivity index (χ0n) is 18.6. The summed E-state index contributed by atoms with van der Waals surface area (Å²) < 4.78 is 22.2. The van der Waals surface area contributed by atoms with E-state index >= 15 is 0 Å². The second-order valence-electron chi connectivity index (χ2n) is 7.79. The molecule has 0 unspecified atom stereocenters. The number of fused-ring (bicyclic) bond motifs is 1. The minimum Gasteiger partial charge on any atom is -0.493 e. The van der Waals surface area contributed by atoms with Crippen molar-refractivity contribution in [1.82, 2.24) is 9.97 Å². The molecule has 1 heterocycles. The summed E-state index contributed by atoms with van der Waals surface area (Å²) in [6.45, 7) is 0. The number of halogens is 1. The number of benzene rings is 2. The van der Waals surface area contributed by atoms with Crippen molar-refractivity contribution in [1.29, 1.82) is 0 Å². The van der Waals surface area contributed by atoms with E-state index < -0.39 is 6.09 Å². The number of hydrogen-bond donors (Lipinski definition) is 1. The number of hydrogen-bond acceptors (Lipinski definition) is 7. The number of anilines is 1. The fraction of sp³-hybridized carbons (Fsp3) is 0.375. The van der Waals surface area contributed by atoms with Gasteiger partial charge in [-0.15, -0.1) is 0 Å². The number of carbonyl (C=O) groups is 1. The van der Waals surface area contributed by atoms with Gasteiger partial charge in [-0.05, 0) is 43.9 Å². The third-order valence-electron chi connectivity index (χ3n) is 5.57. The summed E-state index contributed by atoms with van der Waals surface area (Å²) in [5.74, 6) is 1.89. The average Bonchev–Trinajstić information content (AvgIpc) is 3.08. The third-order valence-corrected chi connectivity index (χ3v) is 5.88. The summed E-state index contributed by atoms with van der Waals surface area (Å²) in [4.78, 5) is 20.8. The molecular weight excluding hydrogens is 446 g/mol. The Balaban J connectivity index is 1.48. The van der Waals surface area contributed by atoms with Gasteiger partial charge in [-0.2, -0.15) is 0 Å². The van der Waals surface area contributed by atoms with E-state index in [2.05, 4.69) is 15.3 Å². The Hall–Kier alpha value is -3.26. The van der Waals surface area contributed by atoms with E-state index in [9.17, 15) is 4.79 Å². The lowest BCUT2D eigenvalue weighted by molar-refractivity contribution is 0.101. The monoisotopic (exact) mass is 471 g/mol. The van der Waals surface area contributed by atoms with Gasteiger partial charge in [-0.25, -0.2) is 14.8 Å². The van der Waals surface area contributed by atoms with Crippen molar-refractivity contribution in [3.63, 3.8) is 0 Å². The maximum atomic E-state index is 12.3. The van der Waals surface area contributed by atoms with E-state index in [1.54, 1.807) is 44.6 Å². The van der Waals surface area contributed by atoms with Crippen molar-refractivity contribution in [2.24, 2.45) is 0 Å². The SMILES string of the molecule is COc1cc2ncnc(Oc3ccc(NC(=O)OC4CCCCCC4)c(Cl)c3)c2cc1OC. The van der Waals surface area contributed by atoms with Crippen LogP contribution in [0.5, 0.6) is 23.1 Å². The highest BCUT2D eigenvalue weighted by Crippen LogP contribution is 2.37. The molecule has 1 aromatic heterocycles. The van der Waals surface area contributed by atoms with E-state index in [4.69, 9.17) is 30.5 Å². The van der Waals surface area contributed by atoms with Crippen molar-refractivity contribution in [2.45, 2.75) is 44.6 Å². The number of amides is 1. The van der Waals surface area contributed by atoms with Crippen LogP contribution in [0.25, 0.3) is 10.9 Å². The molecule has 0 spiro atoms. The molecule has 1 fully saturated rings. The van der Waals surface area contributed by atoms with Gasteiger partial charge in [0.1, 0.15) is 18.2 Å². The molecular formula is C24H26ClN3O5. The summed E-state index contributed by atoms with van der Waals surface area (Å²) >= 11 is 6.39. The first-order chi connectivity index (χ1) is 16.1. The predicted octanol–water partition coefficient (Wildman–Crippen LogP) is 6.36. The van der Waals surface area contributed by atoms with E-state index in [1.165, 1.54) is 19.2 Å². The molecule has 1 aliphatic carbocycles. The van der Waals surface area contributed by atoms with Gasteiger partial charge >= 0.3 is 6.09 Å². The third kappa shape index (κ3) is 5.57. The smallest absolute Gasteiger partial charge is 0.411 e. The molecule has 0 saturated heterocycles. The lowest BCUT2D eigenvalue weighted by Crippen LogP contribution is -2.22. The molecule has 0 radical (unpaired) electrons. The minimum atomic E-state index is -0.500. The van der Waals surface area contributed by atoms with Crippen LogP contribution in [-0.4, -0.2) is 36.4 Å². The van der Waals surface area contributed by atoms with E-state index in [1.807, 2.05) is 0 Å². The van der Waals surface area contributed by atoms with Crippen LogP contribution in [-0.2, 0) is 4.74 Å². The maximum absolute atomic E-state index is 12.3. The van der Waals surface area contributed by atoms with Crippen molar-refractivity contribution >= 4 is 34.3 Å². The number of rotatable bonds is 6. The quantitative estimate of drug-likeness (QED) is 0.418. The van der Waals surface area contributed by atoms with E-state index in [0.29, 0.717) is 44.7 Å². The van der Waals surface area contributed by atoms with Gasteiger partial charge in [0.25, 0.3) is 0 Å². The Morgan fingerprint density at radius 1 is 1.00 bits per heavy atom. The first kappa shape index (κ1) is 22.9. The summed E-state index contributed by atoms with van der Waals surface area (Å²) in [6.07, 6.45) is 7.21. The first-order valence-electron chi connectivity index (χ1n) is 10.9. The lowest BCUT2D eigenvalue weighted by Gasteiger charge is -2.16. The summed E-state index contributed by atoms with van der Waals surface area (Å²) in [6, 6.07) is 8.48. The zero-order valence-corrected chi connectivity index (χ0v) is 19.4. The van der Waals surface area contributed by atoms with Crippen molar-refractivity contribution < 1.29 is 23.7 Å². The predicted molar refractivity (Wildman–Crippen MR) is 126 cm³/mol. The molecule has 1 amide bonds. The van der Waals surface area contributed by atoms with Gasteiger partial charge in [0.15, 0.2) is 11.5 Å². The number of ether oxygens (including phenoxy) is 4. The Morgan fingerprint density at radius 2 is 1.73 bits per heavy atom. The molecule has 1 aliphatic rings. The van der Waals surface area contributed by atoms with Gasteiger partial charge in [0.05, 0.1) is 35.8 Å². The molecule has 1 saturated carbocycles. The average molecular weight is 472 g/mol. The Morgan fingerprint density at radius 3 is 2.42 bits per heavy atom. The fourth-order valence-corrected chi connectivity index (χ4v) is 4.08. The van der Waals surface area contributed by atoms with Gasteiger partial charge in [-0.3, -0.25) is 5.32 Å². The second-order valence-corrected chi connectivity index (χ2v) is 8.20. The maximum Gasteiger partial charge on any atom is 0.411 e. The highest BCUT2D eigenvalue weighted by atomic mass is 35.5. The molecule has 0 atom stereocenters. The van der Waals surface area contributed by atoms with Crippen LogP contribution in [0.3, 0.4) is 0 Å². The van der Waals surface area contributed by atoms with Crippen LogP contribution >= 0.6 is 11.6 Å². The molecule has 8 nitrogen and oxygen atoms in total. The number of aromatic nitrogens is 2. The van der Waals surface area contributed by atoms with Gasteiger partial charge in [0, 0.05) is 12.1 Å². The van der Waals surface area contributed by atoms with Crippen LogP contribution < -0.4 is 19.5 Å². The molecule has 0 aliphatic heterocycles. The molecule has 0 bridgehead atoms. The summed E-state index contributed by atoms with van der Waals surface area (Å²) in [7, 11) is 3.12. The van der Waals surface area contributed by atoms with Crippen molar-refractivity contribution in [3.05, 3.63) is 41.7 Å². The molecule has 174 valence electrons. The summed E-state index contributed by atoms with van der Waals surface area (Å²) in [5, 5.41) is 3.70. The first-order valence-corrected chi connectivity index (χ1v) is 11.3. The van der Waals surface area contributed by atoms with Crippen molar-refractivity contribution in [3.8, 4) is 23.1 Å². The fourth-order valence-electron chi connectivity index (χ4n) is 3.86.